The van der Waals surface area contributed by atoms with Gasteiger partial charge >= 0.3 is 5.97 Å². The van der Waals surface area contributed by atoms with Crippen LogP contribution in [-0.4, -0.2) is 22.0 Å². The fourth-order valence-corrected chi connectivity index (χ4v) is 2.04. The molecule has 7 heteroatoms. The van der Waals surface area contributed by atoms with Crippen LogP contribution in [0.4, 0.5) is 5.69 Å². The van der Waals surface area contributed by atoms with Crippen molar-refractivity contribution in [1.29, 1.82) is 0 Å². The Morgan fingerprint density at radius 3 is 2.65 bits per heavy atom. The van der Waals surface area contributed by atoms with Gasteiger partial charge in [0.15, 0.2) is 0 Å². The van der Waals surface area contributed by atoms with Crippen LogP contribution >= 0.6 is 11.6 Å². The molecule has 0 aliphatic heterocycles. The maximum atomic E-state index is 11.1. The summed E-state index contributed by atoms with van der Waals surface area (Å²) in [5.74, 6) is -0.763. The lowest BCUT2D eigenvalue weighted by Crippen LogP contribution is -2.37. The summed E-state index contributed by atoms with van der Waals surface area (Å²) in [4.78, 5) is 21.5. The summed E-state index contributed by atoms with van der Waals surface area (Å²) in [5.41, 5.74) is 0.299. The van der Waals surface area contributed by atoms with E-state index in [-0.39, 0.29) is 18.2 Å². The SMILES string of the molecule is CC(C)CC(NCc1cc(Cl)ccc1[N+](=O)[O-])C(=O)O. The van der Waals surface area contributed by atoms with Gasteiger partial charge in [-0.05, 0) is 24.5 Å². The van der Waals surface area contributed by atoms with E-state index >= 15 is 0 Å². The number of nitro benzene ring substituents is 1. The molecular weight excluding hydrogens is 284 g/mol. The van der Waals surface area contributed by atoms with Gasteiger partial charge in [0.25, 0.3) is 5.69 Å². The molecule has 0 fully saturated rings. The molecule has 1 aromatic rings. The molecule has 20 heavy (non-hydrogen) atoms. The molecule has 2 N–H and O–H groups in total. The zero-order valence-corrected chi connectivity index (χ0v) is 12.1. The fraction of sp³-hybridized carbons (Fsp3) is 0.462. The normalized spacial score (nSPS) is 12.4. The molecule has 0 saturated heterocycles. The van der Waals surface area contributed by atoms with Gasteiger partial charge in [0, 0.05) is 23.2 Å². The summed E-state index contributed by atoms with van der Waals surface area (Å²) in [6, 6.07) is 3.48. The number of aliphatic carboxylic acids is 1. The molecule has 1 aromatic carbocycles. The van der Waals surface area contributed by atoms with Crippen molar-refractivity contribution in [2.24, 2.45) is 5.92 Å². The number of benzene rings is 1. The summed E-state index contributed by atoms with van der Waals surface area (Å²) >= 11 is 5.82. The number of rotatable bonds is 7. The van der Waals surface area contributed by atoms with Crippen LogP contribution in [0.2, 0.25) is 5.02 Å². The Morgan fingerprint density at radius 2 is 2.15 bits per heavy atom. The van der Waals surface area contributed by atoms with Gasteiger partial charge in [0.1, 0.15) is 6.04 Å². The Morgan fingerprint density at radius 1 is 1.50 bits per heavy atom. The van der Waals surface area contributed by atoms with E-state index in [1.54, 1.807) is 0 Å². The molecule has 0 radical (unpaired) electrons. The van der Waals surface area contributed by atoms with Gasteiger partial charge in [0.05, 0.1) is 4.92 Å². The zero-order valence-electron chi connectivity index (χ0n) is 11.3. The van der Waals surface area contributed by atoms with E-state index in [0.29, 0.717) is 17.0 Å². The largest absolute Gasteiger partial charge is 0.480 e. The number of hydrogen-bond acceptors (Lipinski definition) is 4. The van der Waals surface area contributed by atoms with E-state index in [2.05, 4.69) is 5.32 Å². The van der Waals surface area contributed by atoms with E-state index in [1.807, 2.05) is 13.8 Å². The van der Waals surface area contributed by atoms with Crippen LogP contribution in [0.15, 0.2) is 18.2 Å². The quantitative estimate of drug-likeness (QED) is 0.596. The van der Waals surface area contributed by atoms with Crippen molar-refractivity contribution in [3.05, 3.63) is 38.9 Å². The number of hydrogen-bond donors (Lipinski definition) is 2. The predicted molar refractivity (Wildman–Crippen MR) is 75.8 cm³/mol. The molecule has 0 aliphatic rings. The van der Waals surface area contributed by atoms with Crippen molar-refractivity contribution in [3.8, 4) is 0 Å². The number of carboxylic acid groups (broad SMARTS) is 1. The van der Waals surface area contributed by atoms with Gasteiger partial charge in [0.2, 0.25) is 0 Å². The van der Waals surface area contributed by atoms with E-state index in [4.69, 9.17) is 16.7 Å². The van der Waals surface area contributed by atoms with Gasteiger partial charge in [-0.1, -0.05) is 25.4 Å². The molecule has 1 rings (SSSR count). The second-order valence-corrected chi connectivity index (χ2v) is 5.37. The van der Waals surface area contributed by atoms with Gasteiger partial charge in [-0.2, -0.15) is 0 Å². The standard InChI is InChI=1S/C13H17ClN2O4/c1-8(2)5-11(13(17)18)15-7-9-6-10(14)3-4-12(9)16(19)20/h3-4,6,8,11,15H,5,7H2,1-2H3,(H,17,18). The second kappa shape index (κ2) is 7.21. The summed E-state index contributed by atoms with van der Waals surface area (Å²) in [5, 5.41) is 23.2. The summed E-state index contributed by atoms with van der Waals surface area (Å²) < 4.78 is 0. The first-order valence-corrected chi connectivity index (χ1v) is 6.58. The lowest BCUT2D eigenvalue weighted by Gasteiger charge is -2.16. The van der Waals surface area contributed by atoms with Crippen molar-refractivity contribution in [1.82, 2.24) is 5.32 Å². The van der Waals surface area contributed by atoms with E-state index in [1.165, 1.54) is 18.2 Å². The molecule has 0 aromatic heterocycles. The van der Waals surface area contributed by atoms with Gasteiger partial charge in [-0.25, -0.2) is 0 Å². The Balaban J connectivity index is 2.84. The highest BCUT2D eigenvalue weighted by Crippen LogP contribution is 2.22. The van der Waals surface area contributed by atoms with E-state index in [0.717, 1.165) is 0 Å². The Kier molecular flexibility index (Phi) is 5.91. The molecule has 110 valence electrons. The second-order valence-electron chi connectivity index (χ2n) is 4.93. The van der Waals surface area contributed by atoms with Crippen LogP contribution in [-0.2, 0) is 11.3 Å². The van der Waals surface area contributed by atoms with Crippen LogP contribution in [0, 0.1) is 16.0 Å². The molecule has 1 atom stereocenters. The highest BCUT2D eigenvalue weighted by molar-refractivity contribution is 6.30. The van der Waals surface area contributed by atoms with Crippen molar-refractivity contribution in [2.45, 2.75) is 32.9 Å². The molecular formula is C13H17ClN2O4. The van der Waals surface area contributed by atoms with E-state index in [9.17, 15) is 14.9 Å². The van der Waals surface area contributed by atoms with Crippen LogP contribution in [0.3, 0.4) is 0 Å². The van der Waals surface area contributed by atoms with Crippen molar-refractivity contribution >= 4 is 23.3 Å². The Hall–Kier alpha value is -1.66. The minimum Gasteiger partial charge on any atom is -0.480 e. The highest BCUT2D eigenvalue weighted by atomic mass is 35.5. The lowest BCUT2D eigenvalue weighted by molar-refractivity contribution is -0.385. The Bertz CT molecular complexity index is 505. The average Bonchev–Trinajstić information content (AvgIpc) is 2.33. The van der Waals surface area contributed by atoms with E-state index < -0.39 is 16.9 Å². The third-order valence-electron chi connectivity index (χ3n) is 2.78. The minimum atomic E-state index is -0.969. The number of nitrogens with zero attached hydrogens (tertiary/aromatic N) is 1. The monoisotopic (exact) mass is 300 g/mol. The maximum absolute atomic E-state index is 11.1. The van der Waals surface area contributed by atoms with Crippen LogP contribution in [0.25, 0.3) is 0 Å². The van der Waals surface area contributed by atoms with Crippen LogP contribution < -0.4 is 5.32 Å². The number of carbonyl (C=O) groups is 1. The molecule has 0 heterocycles. The molecule has 0 spiro atoms. The molecule has 0 saturated carbocycles. The first-order chi connectivity index (χ1) is 9.31. The van der Waals surface area contributed by atoms with Crippen LogP contribution in [0.5, 0.6) is 0 Å². The van der Waals surface area contributed by atoms with Gasteiger partial charge in [-0.15, -0.1) is 0 Å². The highest BCUT2D eigenvalue weighted by Gasteiger charge is 2.20. The van der Waals surface area contributed by atoms with Gasteiger partial charge in [-0.3, -0.25) is 14.9 Å². The van der Waals surface area contributed by atoms with Crippen molar-refractivity contribution < 1.29 is 14.8 Å². The fourth-order valence-electron chi connectivity index (χ4n) is 1.85. The number of halogens is 1. The first-order valence-electron chi connectivity index (χ1n) is 6.20. The summed E-state index contributed by atoms with van der Waals surface area (Å²) in [7, 11) is 0. The number of carboxylic acids is 1. The van der Waals surface area contributed by atoms with Crippen molar-refractivity contribution in [2.75, 3.05) is 0 Å². The smallest absolute Gasteiger partial charge is 0.320 e. The lowest BCUT2D eigenvalue weighted by atomic mass is 10.0. The minimum absolute atomic E-state index is 0.0735. The molecule has 0 amide bonds. The number of nitrogens with one attached hydrogen (secondary N) is 1. The molecule has 6 nitrogen and oxygen atoms in total. The summed E-state index contributed by atoms with van der Waals surface area (Å²) in [6.07, 6.45) is 0.448. The Labute approximate surface area is 121 Å². The zero-order chi connectivity index (χ0) is 15.3. The maximum Gasteiger partial charge on any atom is 0.320 e. The molecule has 0 bridgehead atoms. The third-order valence-corrected chi connectivity index (χ3v) is 3.02. The molecule has 0 aliphatic carbocycles. The third kappa shape index (κ3) is 4.79. The van der Waals surface area contributed by atoms with Crippen LogP contribution in [0.1, 0.15) is 25.8 Å². The topological polar surface area (TPSA) is 92.5 Å². The predicted octanol–water partition coefficient (Wildman–Crippen LogP) is 2.84. The van der Waals surface area contributed by atoms with Gasteiger partial charge < -0.3 is 10.4 Å². The first kappa shape index (κ1) is 16.4. The summed E-state index contributed by atoms with van der Waals surface area (Å²) in [6.45, 7) is 3.92. The molecule has 1 unspecified atom stereocenters. The average molecular weight is 301 g/mol. The van der Waals surface area contributed by atoms with Crippen molar-refractivity contribution in [3.63, 3.8) is 0 Å². The number of nitro groups is 1.